The number of carbonyl (C=O) groups is 1. The van der Waals surface area contributed by atoms with Crippen LogP contribution in [0.3, 0.4) is 0 Å². The lowest BCUT2D eigenvalue weighted by molar-refractivity contribution is -0.113. The molecular formula is C7H11N5O4S. The Bertz CT molecular complexity index is 546. The second-order valence-corrected chi connectivity index (χ2v) is 5.40. The molecule has 0 aliphatic rings. The quantitative estimate of drug-likeness (QED) is 0.224. The highest BCUT2D eigenvalue weighted by atomic mass is 32.2. The third kappa shape index (κ3) is 3.75. The maximum Gasteiger partial charge on any atom is 0.240 e. The van der Waals surface area contributed by atoms with E-state index < -0.39 is 21.5 Å². The van der Waals surface area contributed by atoms with E-state index in [1.807, 2.05) is 0 Å². The Morgan fingerprint density at radius 3 is 2.88 bits per heavy atom. The normalized spacial score (nSPS) is 12.4. The van der Waals surface area contributed by atoms with E-state index in [-0.39, 0.29) is 17.2 Å². The Labute approximate surface area is 96.6 Å². The predicted molar refractivity (Wildman–Crippen MR) is 59.4 cm³/mol. The van der Waals surface area contributed by atoms with Gasteiger partial charge in [0, 0.05) is 6.26 Å². The molecule has 0 saturated heterocycles. The van der Waals surface area contributed by atoms with E-state index in [0.29, 0.717) is 0 Å². The Kier molecular flexibility index (Phi) is 3.68. The van der Waals surface area contributed by atoms with Crippen molar-refractivity contribution >= 4 is 27.4 Å². The first-order valence-electron chi connectivity index (χ1n) is 4.32. The fourth-order valence-corrected chi connectivity index (χ4v) is 1.59. The summed E-state index contributed by atoms with van der Waals surface area (Å²) < 4.78 is 21.7. The van der Waals surface area contributed by atoms with Crippen molar-refractivity contribution in [3.05, 3.63) is 11.8 Å². The molecule has 9 nitrogen and oxygen atoms in total. The van der Waals surface area contributed by atoms with Crippen molar-refractivity contribution in [1.29, 1.82) is 0 Å². The standard InChI is InChI=1S/C7H11N5O4S/c1-17(15,16)3-5(13)10-7-4(2-9-11-7)6(8)12-14/h2,14H,3H2,1H3,(H2,8,12)(H2,9,10,11,13). The van der Waals surface area contributed by atoms with Crippen LogP contribution in [0.4, 0.5) is 5.82 Å². The fraction of sp³-hybridized carbons (Fsp3) is 0.286. The zero-order chi connectivity index (χ0) is 13.1. The second kappa shape index (κ2) is 4.82. The van der Waals surface area contributed by atoms with Gasteiger partial charge in [0.15, 0.2) is 15.7 Å². The molecule has 0 bridgehead atoms. The number of H-pyrrole nitrogens is 1. The number of aromatic nitrogens is 2. The zero-order valence-electron chi connectivity index (χ0n) is 8.84. The number of amidine groups is 1. The number of nitrogens with one attached hydrogen (secondary N) is 2. The molecule has 17 heavy (non-hydrogen) atoms. The minimum atomic E-state index is -3.42. The van der Waals surface area contributed by atoms with E-state index >= 15 is 0 Å². The molecule has 5 N–H and O–H groups in total. The van der Waals surface area contributed by atoms with Gasteiger partial charge in [0.2, 0.25) is 5.91 Å². The summed E-state index contributed by atoms with van der Waals surface area (Å²) in [4.78, 5) is 11.3. The van der Waals surface area contributed by atoms with Gasteiger partial charge in [-0.2, -0.15) is 5.10 Å². The summed E-state index contributed by atoms with van der Waals surface area (Å²) in [5.41, 5.74) is 5.47. The average Bonchev–Trinajstić information content (AvgIpc) is 2.61. The lowest BCUT2D eigenvalue weighted by Gasteiger charge is -2.03. The molecule has 0 aliphatic heterocycles. The van der Waals surface area contributed by atoms with Gasteiger partial charge < -0.3 is 16.3 Å². The van der Waals surface area contributed by atoms with E-state index in [1.54, 1.807) is 0 Å². The molecule has 0 aromatic carbocycles. The highest BCUT2D eigenvalue weighted by molar-refractivity contribution is 7.91. The number of hydrogen-bond acceptors (Lipinski definition) is 6. The fourth-order valence-electron chi connectivity index (χ4n) is 1.04. The molecule has 0 spiro atoms. The highest BCUT2D eigenvalue weighted by Crippen LogP contribution is 2.10. The molecule has 0 aliphatic carbocycles. The molecule has 1 amide bonds. The number of carbonyl (C=O) groups excluding carboxylic acids is 1. The number of oxime groups is 1. The first-order valence-corrected chi connectivity index (χ1v) is 6.38. The molecule has 94 valence electrons. The third-order valence-corrected chi connectivity index (χ3v) is 2.47. The van der Waals surface area contributed by atoms with Crippen molar-refractivity contribution in [2.75, 3.05) is 17.3 Å². The van der Waals surface area contributed by atoms with Crippen molar-refractivity contribution in [2.24, 2.45) is 10.9 Å². The van der Waals surface area contributed by atoms with Crippen LogP contribution in [0, 0.1) is 0 Å². The van der Waals surface area contributed by atoms with Crippen molar-refractivity contribution in [2.45, 2.75) is 0 Å². The minimum absolute atomic E-state index is 0.0638. The smallest absolute Gasteiger partial charge is 0.240 e. The molecule has 1 heterocycles. The van der Waals surface area contributed by atoms with Gasteiger partial charge >= 0.3 is 0 Å². The first kappa shape index (κ1) is 13.0. The summed E-state index contributed by atoms with van der Waals surface area (Å²) >= 11 is 0. The first-order chi connectivity index (χ1) is 7.83. The van der Waals surface area contributed by atoms with Crippen molar-refractivity contribution < 1.29 is 18.4 Å². The van der Waals surface area contributed by atoms with Crippen LogP contribution < -0.4 is 11.1 Å². The van der Waals surface area contributed by atoms with E-state index in [9.17, 15) is 13.2 Å². The molecule has 0 unspecified atom stereocenters. The molecule has 0 saturated carbocycles. The average molecular weight is 261 g/mol. The molecule has 1 rings (SSSR count). The molecule has 0 fully saturated rings. The van der Waals surface area contributed by atoms with Crippen LogP contribution in [0.2, 0.25) is 0 Å². The molecule has 10 heteroatoms. The lowest BCUT2D eigenvalue weighted by atomic mass is 10.3. The summed E-state index contributed by atoms with van der Waals surface area (Å²) in [5, 5.41) is 19.4. The van der Waals surface area contributed by atoms with Crippen LogP contribution in [-0.2, 0) is 14.6 Å². The summed E-state index contributed by atoms with van der Waals surface area (Å²) in [5.74, 6) is -1.60. The molecule has 1 aromatic heterocycles. The van der Waals surface area contributed by atoms with Gasteiger partial charge in [-0.25, -0.2) is 8.42 Å². The summed E-state index contributed by atoms with van der Waals surface area (Å²) in [6, 6.07) is 0. The SMILES string of the molecule is CS(=O)(=O)CC(=O)Nc1[nH]ncc1C(N)=NO. The second-order valence-electron chi connectivity index (χ2n) is 3.26. The summed E-state index contributed by atoms with van der Waals surface area (Å²) in [6.45, 7) is 0. The Balaban J connectivity index is 2.83. The van der Waals surface area contributed by atoms with Crippen LogP contribution in [-0.4, -0.2) is 47.6 Å². The van der Waals surface area contributed by atoms with Crippen molar-refractivity contribution in [3.63, 3.8) is 0 Å². The van der Waals surface area contributed by atoms with Crippen LogP contribution in [0.15, 0.2) is 11.4 Å². The largest absolute Gasteiger partial charge is 0.409 e. The highest BCUT2D eigenvalue weighted by Gasteiger charge is 2.15. The topological polar surface area (TPSA) is 151 Å². The number of amides is 1. The molecule has 0 atom stereocenters. The molecule has 0 radical (unpaired) electrons. The van der Waals surface area contributed by atoms with Gasteiger partial charge in [-0.1, -0.05) is 5.16 Å². The summed E-state index contributed by atoms with van der Waals surface area (Å²) in [7, 11) is -3.42. The monoisotopic (exact) mass is 261 g/mol. The van der Waals surface area contributed by atoms with Crippen molar-refractivity contribution in [3.8, 4) is 0 Å². The molecule has 1 aromatic rings. The maximum atomic E-state index is 11.3. The van der Waals surface area contributed by atoms with Gasteiger partial charge in [-0.3, -0.25) is 9.89 Å². The van der Waals surface area contributed by atoms with E-state index in [2.05, 4.69) is 20.7 Å². The number of hydrogen-bond donors (Lipinski definition) is 4. The number of aromatic amines is 1. The minimum Gasteiger partial charge on any atom is -0.409 e. The van der Waals surface area contributed by atoms with Crippen LogP contribution >= 0.6 is 0 Å². The Hall–Kier alpha value is -2.10. The van der Waals surface area contributed by atoms with E-state index in [4.69, 9.17) is 10.9 Å². The zero-order valence-corrected chi connectivity index (χ0v) is 9.65. The van der Waals surface area contributed by atoms with E-state index in [0.717, 1.165) is 6.26 Å². The van der Waals surface area contributed by atoms with Gasteiger partial charge in [0.1, 0.15) is 11.6 Å². The Morgan fingerprint density at radius 1 is 1.71 bits per heavy atom. The number of rotatable bonds is 4. The van der Waals surface area contributed by atoms with Crippen LogP contribution in [0.25, 0.3) is 0 Å². The number of nitrogens with two attached hydrogens (primary N) is 1. The van der Waals surface area contributed by atoms with Crippen LogP contribution in [0.1, 0.15) is 5.56 Å². The van der Waals surface area contributed by atoms with E-state index in [1.165, 1.54) is 6.20 Å². The summed E-state index contributed by atoms with van der Waals surface area (Å²) in [6.07, 6.45) is 2.16. The number of anilines is 1. The maximum absolute atomic E-state index is 11.3. The Morgan fingerprint density at radius 2 is 2.35 bits per heavy atom. The molecular weight excluding hydrogens is 250 g/mol. The predicted octanol–water partition coefficient (Wildman–Crippen LogP) is -1.51. The number of nitrogens with zero attached hydrogens (tertiary/aromatic N) is 2. The van der Waals surface area contributed by atoms with Crippen molar-refractivity contribution in [1.82, 2.24) is 10.2 Å². The third-order valence-electron chi connectivity index (χ3n) is 1.68. The van der Waals surface area contributed by atoms with Gasteiger partial charge in [-0.05, 0) is 0 Å². The lowest BCUT2D eigenvalue weighted by Crippen LogP contribution is -2.24. The van der Waals surface area contributed by atoms with Crippen LogP contribution in [0.5, 0.6) is 0 Å². The van der Waals surface area contributed by atoms with Gasteiger partial charge in [0.25, 0.3) is 0 Å². The van der Waals surface area contributed by atoms with Gasteiger partial charge in [-0.15, -0.1) is 0 Å². The van der Waals surface area contributed by atoms with Gasteiger partial charge in [0.05, 0.1) is 11.8 Å². The number of sulfone groups is 1.